The van der Waals surface area contributed by atoms with Gasteiger partial charge in [-0.25, -0.2) is 0 Å². The molecule has 0 aliphatic heterocycles. The number of aromatic nitrogens is 2. The second-order valence-electron chi connectivity index (χ2n) is 3.46. The van der Waals surface area contributed by atoms with E-state index < -0.39 is 0 Å². The van der Waals surface area contributed by atoms with E-state index in [0.29, 0.717) is 0 Å². The molecule has 0 aromatic carbocycles. The van der Waals surface area contributed by atoms with Crippen molar-refractivity contribution in [2.75, 3.05) is 0 Å². The van der Waals surface area contributed by atoms with Crippen molar-refractivity contribution in [1.29, 1.82) is 0 Å². The number of hydrogen-bond acceptors (Lipinski definition) is 0. The predicted molar refractivity (Wildman–Crippen MR) is 55.4 cm³/mol. The van der Waals surface area contributed by atoms with Gasteiger partial charge in [-0.05, 0) is 20.3 Å². The van der Waals surface area contributed by atoms with E-state index in [4.69, 9.17) is 0 Å². The molecule has 13 heavy (non-hydrogen) atoms. The molecule has 1 aromatic heterocycles. The lowest BCUT2D eigenvalue weighted by Crippen LogP contribution is -2.39. The molecule has 2 nitrogen and oxygen atoms in total. The molecule has 0 bridgehead atoms. The van der Waals surface area contributed by atoms with Crippen LogP contribution in [0, 0.1) is 20.8 Å². The molecule has 0 aliphatic carbocycles. The van der Waals surface area contributed by atoms with Crippen LogP contribution in [0.4, 0.5) is 0 Å². The van der Waals surface area contributed by atoms with Crippen molar-refractivity contribution in [3.63, 3.8) is 0 Å². The standard InChI is InChI=1S/C11H19N2/c1-6-7-8-13-11(4)9(2)10(3)12(13)5/h7-8H,6H2,1-5H3/q+1. The van der Waals surface area contributed by atoms with E-state index in [9.17, 15) is 0 Å². The second kappa shape index (κ2) is 3.77. The molecule has 0 fully saturated rings. The summed E-state index contributed by atoms with van der Waals surface area (Å²) in [5.74, 6) is 0. The third-order valence-electron chi connectivity index (χ3n) is 2.72. The predicted octanol–water partition coefficient (Wildman–Crippen LogP) is 2.12. The summed E-state index contributed by atoms with van der Waals surface area (Å²) in [6, 6.07) is 0. The van der Waals surface area contributed by atoms with Crippen LogP contribution in [0.15, 0.2) is 6.08 Å². The first kappa shape index (κ1) is 10.0. The van der Waals surface area contributed by atoms with Crippen molar-refractivity contribution in [2.45, 2.75) is 34.1 Å². The normalized spacial score (nSPS) is 11.5. The minimum atomic E-state index is 1.08. The van der Waals surface area contributed by atoms with Gasteiger partial charge >= 0.3 is 0 Å². The van der Waals surface area contributed by atoms with Crippen LogP contribution >= 0.6 is 0 Å². The molecule has 0 saturated carbocycles. The minimum Gasteiger partial charge on any atom is -0.133 e. The lowest BCUT2D eigenvalue weighted by Gasteiger charge is -1.94. The van der Waals surface area contributed by atoms with Crippen LogP contribution < -0.4 is 4.68 Å². The Kier molecular flexibility index (Phi) is 2.91. The molecular formula is C11H19N2+. The summed E-state index contributed by atoms with van der Waals surface area (Å²) >= 11 is 0. The molecule has 2 heteroatoms. The van der Waals surface area contributed by atoms with Gasteiger partial charge in [0.1, 0.15) is 0 Å². The van der Waals surface area contributed by atoms with E-state index in [2.05, 4.69) is 56.4 Å². The summed E-state index contributed by atoms with van der Waals surface area (Å²) in [6.07, 6.45) is 5.39. The molecule has 1 heterocycles. The van der Waals surface area contributed by atoms with Gasteiger partial charge in [0.05, 0.1) is 11.9 Å². The van der Waals surface area contributed by atoms with E-state index in [1.54, 1.807) is 0 Å². The Morgan fingerprint density at radius 2 is 1.92 bits per heavy atom. The zero-order valence-electron chi connectivity index (χ0n) is 9.26. The van der Waals surface area contributed by atoms with Crippen molar-refractivity contribution in [3.05, 3.63) is 23.0 Å². The average molecular weight is 179 g/mol. The monoisotopic (exact) mass is 179 g/mol. The SMILES string of the molecule is CCC=Cn1c(C)c(C)c(C)[n+]1C. The van der Waals surface area contributed by atoms with Gasteiger partial charge in [-0.2, -0.15) is 0 Å². The van der Waals surface area contributed by atoms with Crippen molar-refractivity contribution < 1.29 is 4.68 Å². The van der Waals surface area contributed by atoms with Gasteiger partial charge < -0.3 is 0 Å². The zero-order valence-corrected chi connectivity index (χ0v) is 9.26. The number of rotatable bonds is 2. The van der Waals surface area contributed by atoms with Crippen LogP contribution in [0.3, 0.4) is 0 Å². The molecule has 1 rings (SSSR count). The highest BCUT2D eigenvalue weighted by atomic mass is 15.4. The summed E-state index contributed by atoms with van der Waals surface area (Å²) in [4.78, 5) is 0. The Labute approximate surface area is 80.5 Å². The smallest absolute Gasteiger partial charge is 0.133 e. The van der Waals surface area contributed by atoms with Crippen molar-refractivity contribution in [3.8, 4) is 0 Å². The third kappa shape index (κ3) is 1.67. The summed E-state index contributed by atoms with van der Waals surface area (Å²) in [7, 11) is 2.09. The van der Waals surface area contributed by atoms with Gasteiger partial charge in [0, 0.05) is 12.5 Å². The Morgan fingerprint density at radius 3 is 2.31 bits per heavy atom. The summed E-state index contributed by atoms with van der Waals surface area (Å²) < 4.78 is 4.37. The molecule has 0 radical (unpaired) electrons. The molecule has 0 N–H and O–H groups in total. The lowest BCUT2D eigenvalue weighted by molar-refractivity contribution is -0.747. The molecule has 0 aliphatic rings. The van der Waals surface area contributed by atoms with Crippen LogP contribution in [0.25, 0.3) is 6.20 Å². The van der Waals surface area contributed by atoms with Crippen LogP contribution in [0.5, 0.6) is 0 Å². The van der Waals surface area contributed by atoms with Crippen molar-refractivity contribution >= 4 is 6.20 Å². The third-order valence-corrected chi connectivity index (χ3v) is 2.72. The van der Waals surface area contributed by atoms with Gasteiger partial charge in [0.2, 0.25) is 5.69 Å². The van der Waals surface area contributed by atoms with Gasteiger partial charge in [0.25, 0.3) is 0 Å². The first-order chi connectivity index (χ1) is 6.09. The molecule has 1 aromatic rings. The highest BCUT2D eigenvalue weighted by Crippen LogP contribution is 2.09. The molecule has 0 spiro atoms. The molecular weight excluding hydrogens is 160 g/mol. The second-order valence-corrected chi connectivity index (χ2v) is 3.46. The molecule has 0 atom stereocenters. The quantitative estimate of drug-likeness (QED) is 0.615. The van der Waals surface area contributed by atoms with E-state index in [1.165, 1.54) is 17.0 Å². The maximum Gasteiger partial charge on any atom is 0.208 e. The molecule has 0 unspecified atom stereocenters. The maximum atomic E-state index is 2.19. The summed E-state index contributed by atoms with van der Waals surface area (Å²) in [6.45, 7) is 8.62. The van der Waals surface area contributed by atoms with Crippen LogP contribution in [-0.4, -0.2) is 4.68 Å². The van der Waals surface area contributed by atoms with Crippen molar-refractivity contribution in [1.82, 2.24) is 4.68 Å². The van der Waals surface area contributed by atoms with Crippen LogP contribution in [0.1, 0.15) is 30.3 Å². The first-order valence-electron chi connectivity index (χ1n) is 4.80. The Balaban J connectivity index is 3.21. The maximum absolute atomic E-state index is 2.19. The number of nitrogens with zero attached hydrogens (tertiary/aromatic N) is 2. The van der Waals surface area contributed by atoms with Crippen molar-refractivity contribution in [2.24, 2.45) is 7.05 Å². The first-order valence-corrected chi connectivity index (χ1v) is 4.80. The van der Waals surface area contributed by atoms with Gasteiger partial charge in [-0.1, -0.05) is 13.0 Å². The topological polar surface area (TPSA) is 8.81 Å². The Hall–Kier alpha value is -1.05. The van der Waals surface area contributed by atoms with Crippen LogP contribution in [0.2, 0.25) is 0 Å². The molecule has 0 saturated heterocycles. The number of hydrogen-bond donors (Lipinski definition) is 0. The average Bonchev–Trinajstić information content (AvgIpc) is 2.30. The molecule has 0 amide bonds. The largest absolute Gasteiger partial charge is 0.208 e. The fourth-order valence-electron chi connectivity index (χ4n) is 1.48. The van der Waals surface area contributed by atoms with E-state index in [0.717, 1.165) is 6.42 Å². The summed E-state index contributed by atoms with van der Waals surface area (Å²) in [5.41, 5.74) is 4.03. The fourth-order valence-corrected chi connectivity index (χ4v) is 1.48. The van der Waals surface area contributed by atoms with E-state index in [1.807, 2.05) is 0 Å². The highest BCUT2D eigenvalue weighted by Gasteiger charge is 2.16. The minimum absolute atomic E-state index is 1.08. The van der Waals surface area contributed by atoms with E-state index in [-0.39, 0.29) is 0 Å². The Bertz CT molecular complexity index is 307. The van der Waals surface area contributed by atoms with E-state index >= 15 is 0 Å². The highest BCUT2D eigenvalue weighted by molar-refractivity contribution is 5.28. The van der Waals surface area contributed by atoms with Gasteiger partial charge in [-0.15, -0.1) is 9.36 Å². The Morgan fingerprint density at radius 1 is 1.31 bits per heavy atom. The van der Waals surface area contributed by atoms with Gasteiger partial charge in [0.15, 0.2) is 7.05 Å². The lowest BCUT2D eigenvalue weighted by atomic mass is 10.2. The molecule has 72 valence electrons. The number of allylic oxidation sites excluding steroid dienone is 1. The summed E-state index contributed by atoms with van der Waals surface area (Å²) in [5, 5.41) is 0. The van der Waals surface area contributed by atoms with Gasteiger partial charge in [-0.3, -0.25) is 0 Å². The van der Waals surface area contributed by atoms with Crippen LogP contribution in [-0.2, 0) is 7.05 Å². The zero-order chi connectivity index (χ0) is 10.0. The fraction of sp³-hybridized carbons (Fsp3) is 0.545.